The van der Waals surface area contributed by atoms with Gasteiger partial charge < -0.3 is 9.47 Å². The molecule has 0 bridgehead atoms. The Hall–Kier alpha value is -2.89. The maximum Gasteiger partial charge on any atom is 0.338 e. The SMILES string of the molecule is COc1ccc(CCOC(=O)c2cccc([N+](=O)[O-])c2)cc1. The number of hydrogen-bond donors (Lipinski definition) is 0. The second-order valence-corrected chi connectivity index (χ2v) is 4.54. The zero-order chi connectivity index (χ0) is 15.9. The highest BCUT2D eigenvalue weighted by Gasteiger charge is 2.12. The first kappa shape index (κ1) is 15.5. The van der Waals surface area contributed by atoms with Gasteiger partial charge in [-0.05, 0) is 23.8 Å². The van der Waals surface area contributed by atoms with E-state index in [1.165, 1.54) is 24.3 Å². The molecule has 0 aliphatic rings. The van der Waals surface area contributed by atoms with Crippen molar-refractivity contribution in [2.75, 3.05) is 13.7 Å². The van der Waals surface area contributed by atoms with Crippen LogP contribution in [0.15, 0.2) is 48.5 Å². The molecule has 0 atom stereocenters. The van der Waals surface area contributed by atoms with E-state index in [0.29, 0.717) is 6.42 Å². The number of esters is 1. The van der Waals surface area contributed by atoms with E-state index in [0.717, 1.165) is 11.3 Å². The minimum atomic E-state index is -0.572. The molecule has 0 saturated carbocycles. The van der Waals surface area contributed by atoms with Crippen LogP contribution in [0, 0.1) is 10.1 Å². The third kappa shape index (κ3) is 4.05. The molecule has 6 heteroatoms. The monoisotopic (exact) mass is 301 g/mol. The Morgan fingerprint density at radius 1 is 1.18 bits per heavy atom. The first-order valence-corrected chi connectivity index (χ1v) is 6.64. The predicted octanol–water partition coefficient (Wildman–Crippen LogP) is 3.00. The van der Waals surface area contributed by atoms with E-state index < -0.39 is 10.9 Å². The average molecular weight is 301 g/mol. The van der Waals surface area contributed by atoms with E-state index in [9.17, 15) is 14.9 Å². The van der Waals surface area contributed by atoms with Crippen molar-refractivity contribution in [2.45, 2.75) is 6.42 Å². The van der Waals surface area contributed by atoms with Crippen molar-refractivity contribution in [3.63, 3.8) is 0 Å². The first-order chi connectivity index (χ1) is 10.6. The van der Waals surface area contributed by atoms with Crippen LogP contribution in [0.3, 0.4) is 0 Å². The largest absolute Gasteiger partial charge is 0.497 e. The van der Waals surface area contributed by atoms with E-state index in [1.807, 2.05) is 24.3 Å². The molecular formula is C16H15NO5. The average Bonchev–Trinajstić information content (AvgIpc) is 2.55. The lowest BCUT2D eigenvalue weighted by atomic mass is 10.1. The van der Waals surface area contributed by atoms with Gasteiger partial charge in [0, 0.05) is 18.6 Å². The summed E-state index contributed by atoms with van der Waals surface area (Å²) >= 11 is 0. The van der Waals surface area contributed by atoms with E-state index in [4.69, 9.17) is 9.47 Å². The summed E-state index contributed by atoms with van der Waals surface area (Å²) in [7, 11) is 1.59. The van der Waals surface area contributed by atoms with Gasteiger partial charge in [-0.3, -0.25) is 10.1 Å². The van der Waals surface area contributed by atoms with Gasteiger partial charge in [-0.2, -0.15) is 0 Å². The van der Waals surface area contributed by atoms with E-state index in [-0.39, 0.29) is 17.9 Å². The highest BCUT2D eigenvalue weighted by Crippen LogP contribution is 2.15. The van der Waals surface area contributed by atoms with Crippen LogP contribution in [-0.2, 0) is 11.2 Å². The van der Waals surface area contributed by atoms with Gasteiger partial charge in [-0.1, -0.05) is 18.2 Å². The van der Waals surface area contributed by atoms with Crippen molar-refractivity contribution >= 4 is 11.7 Å². The van der Waals surface area contributed by atoms with Crippen molar-refractivity contribution in [2.24, 2.45) is 0 Å². The summed E-state index contributed by atoms with van der Waals surface area (Å²) in [4.78, 5) is 22.0. The molecule has 114 valence electrons. The molecule has 0 fully saturated rings. The second kappa shape index (κ2) is 7.21. The minimum absolute atomic E-state index is 0.135. The Kier molecular flexibility index (Phi) is 5.08. The summed E-state index contributed by atoms with van der Waals surface area (Å²) < 4.78 is 10.2. The molecule has 2 rings (SSSR count). The lowest BCUT2D eigenvalue weighted by Gasteiger charge is -2.06. The summed E-state index contributed by atoms with van der Waals surface area (Å²) in [5.41, 5.74) is 1.04. The summed E-state index contributed by atoms with van der Waals surface area (Å²) in [6, 6.07) is 12.9. The Labute approximate surface area is 127 Å². The Bertz CT molecular complexity index is 666. The maximum atomic E-state index is 11.8. The predicted molar refractivity (Wildman–Crippen MR) is 80.1 cm³/mol. The van der Waals surface area contributed by atoms with Gasteiger partial charge in [-0.25, -0.2) is 4.79 Å². The molecular weight excluding hydrogens is 286 g/mol. The molecule has 0 aliphatic carbocycles. The summed E-state index contributed by atoms with van der Waals surface area (Å²) in [6.07, 6.45) is 0.560. The first-order valence-electron chi connectivity index (χ1n) is 6.64. The molecule has 0 saturated heterocycles. The molecule has 6 nitrogen and oxygen atoms in total. The summed E-state index contributed by atoms with van der Waals surface area (Å²) in [5, 5.41) is 10.7. The van der Waals surface area contributed by atoms with Crippen LogP contribution in [-0.4, -0.2) is 24.6 Å². The molecule has 0 radical (unpaired) electrons. The van der Waals surface area contributed by atoms with Gasteiger partial charge in [0.2, 0.25) is 0 Å². The van der Waals surface area contributed by atoms with Crippen molar-refractivity contribution in [3.05, 3.63) is 69.8 Å². The van der Waals surface area contributed by atoms with Gasteiger partial charge >= 0.3 is 5.97 Å². The molecule has 0 amide bonds. The topological polar surface area (TPSA) is 78.7 Å². The van der Waals surface area contributed by atoms with Crippen molar-refractivity contribution in [3.8, 4) is 5.75 Å². The number of methoxy groups -OCH3 is 1. The van der Waals surface area contributed by atoms with Crippen LogP contribution >= 0.6 is 0 Å². The fourth-order valence-electron chi connectivity index (χ4n) is 1.88. The quantitative estimate of drug-likeness (QED) is 0.465. The van der Waals surface area contributed by atoms with Crippen LogP contribution in [0.1, 0.15) is 15.9 Å². The number of nitro benzene ring substituents is 1. The molecule has 0 unspecified atom stereocenters. The Morgan fingerprint density at radius 3 is 2.55 bits per heavy atom. The molecule has 0 N–H and O–H groups in total. The fourth-order valence-corrected chi connectivity index (χ4v) is 1.88. The number of carbonyl (C=O) groups excluding carboxylic acids is 1. The normalized spacial score (nSPS) is 10.0. The van der Waals surface area contributed by atoms with Crippen molar-refractivity contribution in [1.82, 2.24) is 0 Å². The summed E-state index contributed by atoms with van der Waals surface area (Å²) in [5.74, 6) is 0.189. The van der Waals surface area contributed by atoms with Gasteiger partial charge in [-0.15, -0.1) is 0 Å². The van der Waals surface area contributed by atoms with Gasteiger partial charge in [0.1, 0.15) is 5.75 Å². The number of nitrogens with zero attached hydrogens (tertiary/aromatic N) is 1. The number of benzene rings is 2. The van der Waals surface area contributed by atoms with E-state index in [1.54, 1.807) is 7.11 Å². The zero-order valence-electron chi connectivity index (χ0n) is 12.0. The molecule has 2 aromatic carbocycles. The standard InChI is InChI=1S/C16H15NO5/c1-21-15-7-5-12(6-8-15)9-10-22-16(18)13-3-2-4-14(11-13)17(19)20/h2-8,11H,9-10H2,1H3. The second-order valence-electron chi connectivity index (χ2n) is 4.54. The number of rotatable bonds is 6. The van der Waals surface area contributed by atoms with Crippen molar-refractivity contribution in [1.29, 1.82) is 0 Å². The molecule has 0 heterocycles. The number of carbonyl (C=O) groups is 1. The van der Waals surface area contributed by atoms with Crippen LogP contribution < -0.4 is 4.74 Å². The van der Waals surface area contributed by atoms with E-state index in [2.05, 4.69) is 0 Å². The lowest BCUT2D eigenvalue weighted by molar-refractivity contribution is -0.384. The van der Waals surface area contributed by atoms with Crippen LogP contribution in [0.4, 0.5) is 5.69 Å². The molecule has 2 aromatic rings. The van der Waals surface area contributed by atoms with Gasteiger partial charge in [0.15, 0.2) is 0 Å². The molecule has 22 heavy (non-hydrogen) atoms. The number of non-ortho nitro benzene ring substituents is 1. The fraction of sp³-hybridized carbons (Fsp3) is 0.188. The maximum absolute atomic E-state index is 11.8. The Balaban J connectivity index is 1.89. The molecule has 0 aromatic heterocycles. The van der Waals surface area contributed by atoms with Gasteiger partial charge in [0.25, 0.3) is 5.69 Å². The summed E-state index contributed by atoms with van der Waals surface area (Å²) in [6.45, 7) is 0.202. The Morgan fingerprint density at radius 2 is 1.91 bits per heavy atom. The van der Waals surface area contributed by atoms with E-state index >= 15 is 0 Å². The van der Waals surface area contributed by atoms with Crippen LogP contribution in [0.5, 0.6) is 5.75 Å². The van der Waals surface area contributed by atoms with Gasteiger partial charge in [0.05, 0.1) is 24.2 Å². The van der Waals surface area contributed by atoms with Crippen LogP contribution in [0.2, 0.25) is 0 Å². The molecule has 0 aliphatic heterocycles. The number of nitro groups is 1. The smallest absolute Gasteiger partial charge is 0.338 e. The third-order valence-electron chi connectivity index (χ3n) is 3.08. The third-order valence-corrected chi connectivity index (χ3v) is 3.08. The molecule has 0 spiro atoms. The number of hydrogen-bond acceptors (Lipinski definition) is 5. The number of ether oxygens (including phenoxy) is 2. The highest BCUT2D eigenvalue weighted by atomic mass is 16.6. The minimum Gasteiger partial charge on any atom is -0.497 e. The lowest BCUT2D eigenvalue weighted by Crippen LogP contribution is -2.08. The van der Waals surface area contributed by atoms with Crippen LogP contribution in [0.25, 0.3) is 0 Å². The highest BCUT2D eigenvalue weighted by molar-refractivity contribution is 5.90. The van der Waals surface area contributed by atoms with Crippen molar-refractivity contribution < 1.29 is 19.2 Å². The zero-order valence-corrected chi connectivity index (χ0v) is 12.0.